The van der Waals surface area contributed by atoms with Gasteiger partial charge < -0.3 is 0 Å². The van der Waals surface area contributed by atoms with E-state index in [9.17, 15) is 0 Å². The van der Waals surface area contributed by atoms with Crippen molar-refractivity contribution in [3.8, 4) is 0 Å². The van der Waals surface area contributed by atoms with Gasteiger partial charge in [-0.15, -0.1) is 23.4 Å². The first kappa shape index (κ1) is 9.24. The second-order valence-electron chi connectivity index (χ2n) is 2.10. The SMILES string of the molecule is CSc1ccc(CCl)cc1Cl. The summed E-state index contributed by atoms with van der Waals surface area (Å²) in [5, 5.41) is 0.788. The van der Waals surface area contributed by atoms with Crippen molar-refractivity contribution in [2.24, 2.45) is 0 Å². The predicted octanol–water partition coefficient (Wildman–Crippen LogP) is 3.80. The number of alkyl halides is 1. The van der Waals surface area contributed by atoms with Crippen molar-refractivity contribution < 1.29 is 0 Å². The Labute approximate surface area is 80.9 Å². The highest BCUT2D eigenvalue weighted by Crippen LogP contribution is 2.26. The Morgan fingerprint density at radius 1 is 1.45 bits per heavy atom. The van der Waals surface area contributed by atoms with Crippen LogP contribution in [0.2, 0.25) is 5.02 Å². The molecule has 0 saturated heterocycles. The maximum Gasteiger partial charge on any atom is 0.0544 e. The molecular formula is C8H8Cl2S. The van der Waals surface area contributed by atoms with Crippen LogP contribution in [0.15, 0.2) is 23.1 Å². The van der Waals surface area contributed by atoms with Crippen LogP contribution in [0.1, 0.15) is 5.56 Å². The number of halogens is 2. The van der Waals surface area contributed by atoms with E-state index >= 15 is 0 Å². The van der Waals surface area contributed by atoms with Crippen molar-refractivity contribution in [1.82, 2.24) is 0 Å². The van der Waals surface area contributed by atoms with Crippen LogP contribution in [0.4, 0.5) is 0 Å². The summed E-state index contributed by atoms with van der Waals surface area (Å²) in [6.07, 6.45) is 2.00. The maximum absolute atomic E-state index is 5.93. The highest BCUT2D eigenvalue weighted by molar-refractivity contribution is 7.98. The van der Waals surface area contributed by atoms with Gasteiger partial charge in [-0.2, -0.15) is 0 Å². The average Bonchev–Trinajstić information content (AvgIpc) is 2.04. The highest BCUT2D eigenvalue weighted by atomic mass is 35.5. The van der Waals surface area contributed by atoms with Crippen molar-refractivity contribution in [3.63, 3.8) is 0 Å². The van der Waals surface area contributed by atoms with Gasteiger partial charge in [0, 0.05) is 10.8 Å². The Balaban J connectivity index is 2.99. The monoisotopic (exact) mass is 206 g/mol. The molecule has 1 rings (SSSR count). The molecule has 0 N–H and O–H groups in total. The van der Waals surface area contributed by atoms with Crippen molar-refractivity contribution in [2.45, 2.75) is 10.8 Å². The molecule has 0 heterocycles. The summed E-state index contributed by atoms with van der Waals surface area (Å²) in [6, 6.07) is 5.88. The van der Waals surface area contributed by atoms with E-state index in [1.54, 1.807) is 11.8 Å². The zero-order valence-corrected chi connectivity index (χ0v) is 8.43. The molecule has 0 fully saturated rings. The molecule has 0 unspecified atom stereocenters. The molecule has 0 aromatic heterocycles. The van der Waals surface area contributed by atoms with Gasteiger partial charge in [0.25, 0.3) is 0 Å². The molecule has 11 heavy (non-hydrogen) atoms. The Morgan fingerprint density at radius 3 is 2.64 bits per heavy atom. The molecule has 0 radical (unpaired) electrons. The topological polar surface area (TPSA) is 0 Å². The van der Waals surface area contributed by atoms with Gasteiger partial charge in [0.05, 0.1) is 5.02 Å². The second kappa shape index (κ2) is 4.24. The Kier molecular flexibility index (Phi) is 3.57. The highest BCUT2D eigenvalue weighted by Gasteiger charge is 1.98. The third-order valence-electron chi connectivity index (χ3n) is 1.37. The van der Waals surface area contributed by atoms with Gasteiger partial charge in [0.1, 0.15) is 0 Å². The van der Waals surface area contributed by atoms with E-state index in [0.717, 1.165) is 15.5 Å². The second-order valence-corrected chi connectivity index (χ2v) is 3.63. The summed E-state index contributed by atoms with van der Waals surface area (Å²) in [6.45, 7) is 0. The summed E-state index contributed by atoms with van der Waals surface area (Å²) in [5.74, 6) is 0.522. The zero-order chi connectivity index (χ0) is 8.27. The molecule has 0 atom stereocenters. The van der Waals surface area contributed by atoms with E-state index in [1.807, 2.05) is 24.5 Å². The predicted molar refractivity (Wildman–Crippen MR) is 52.8 cm³/mol. The van der Waals surface area contributed by atoms with Gasteiger partial charge in [0.15, 0.2) is 0 Å². The van der Waals surface area contributed by atoms with Crippen molar-refractivity contribution >= 4 is 35.0 Å². The van der Waals surface area contributed by atoms with Gasteiger partial charge in [-0.25, -0.2) is 0 Å². The van der Waals surface area contributed by atoms with Crippen LogP contribution in [0.25, 0.3) is 0 Å². The minimum absolute atomic E-state index is 0.522. The van der Waals surface area contributed by atoms with E-state index in [2.05, 4.69) is 0 Å². The lowest BCUT2D eigenvalue weighted by Crippen LogP contribution is -1.78. The number of benzene rings is 1. The summed E-state index contributed by atoms with van der Waals surface area (Å²) >= 11 is 13.2. The number of hydrogen-bond donors (Lipinski definition) is 0. The molecule has 60 valence electrons. The van der Waals surface area contributed by atoms with Gasteiger partial charge in [-0.1, -0.05) is 17.7 Å². The third-order valence-corrected chi connectivity index (χ3v) is 2.90. The fraction of sp³-hybridized carbons (Fsp3) is 0.250. The normalized spacial score (nSPS) is 10.1. The molecule has 0 aliphatic rings. The Morgan fingerprint density at radius 2 is 2.18 bits per heavy atom. The number of thioether (sulfide) groups is 1. The Hall–Kier alpha value is 0.150. The van der Waals surface area contributed by atoms with Crippen LogP contribution >= 0.6 is 35.0 Å². The minimum atomic E-state index is 0.522. The van der Waals surface area contributed by atoms with Gasteiger partial charge >= 0.3 is 0 Å². The summed E-state index contributed by atoms with van der Waals surface area (Å²) < 4.78 is 0. The van der Waals surface area contributed by atoms with Crippen molar-refractivity contribution in [1.29, 1.82) is 0 Å². The van der Waals surface area contributed by atoms with Crippen LogP contribution in [0.3, 0.4) is 0 Å². The standard InChI is InChI=1S/C8H8Cl2S/c1-11-8-3-2-6(5-9)4-7(8)10/h2-4H,5H2,1H3. The van der Waals surface area contributed by atoms with E-state index in [1.165, 1.54) is 0 Å². The van der Waals surface area contributed by atoms with E-state index in [4.69, 9.17) is 23.2 Å². The van der Waals surface area contributed by atoms with Gasteiger partial charge in [0.2, 0.25) is 0 Å². The van der Waals surface area contributed by atoms with Crippen LogP contribution in [-0.2, 0) is 5.88 Å². The molecule has 0 amide bonds. The summed E-state index contributed by atoms with van der Waals surface area (Å²) in [4.78, 5) is 1.10. The Bertz CT molecular complexity index is 248. The first-order valence-corrected chi connectivity index (χ1v) is 5.30. The molecule has 0 aliphatic carbocycles. The van der Waals surface area contributed by atoms with Crippen LogP contribution < -0.4 is 0 Å². The third kappa shape index (κ3) is 2.29. The molecule has 1 aromatic carbocycles. The molecule has 0 spiro atoms. The lowest BCUT2D eigenvalue weighted by atomic mass is 10.2. The first-order chi connectivity index (χ1) is 5.27. The number of rotatable bonds is 2. The molecule has 3 heteroatoms. The maximum atomic E-state index is 5.93. The largest absolute Gasteiger partial charge is 0.128 e. The summed E-state index contributed by atoms with van der Waals surface area (Å²) in [7, 11) is 0. The zero-order valence-electron chi connectivity index (χ0n) is 6.10. The molecular weight excluding hydrogens is 199 g/mol. The van der Waals surface area contributed by atoms with Crippen LogP contribution in [-0.4, -0.2) is 6.26 Å². The average molecular weight is 207 g/mol. The molecule has 0 bridgehead atoms. The first-order valence-electron chi connectivity index (χ1n) is 3.16. The van der Waals surface area contributed by atoms with Crippen molar-refractivity contribution in [3.05, 3.63) is 28.8 Å². The molecule has 0 aliphatic heterocycles. The lowest BCUT2D eigenvalue weighted by molar-refractivity contribution is 1.34. The van der Waals surface area contributed by atoms with Gasteiger partial charge in [-0.05, 0) is 24.0 Å². The quantitative estimate of drug-likeness (QED) is 0.525. The van der Waals surface area contributed by atoms with E-state index < -0.39 is 0 Å². The van der Waals surface area contributed by atoms with Crippen LogP contribution in [0, 0.1) is 0 Å². The van der Waals surface area contributed by atoms with E-state index in [-0.39, 0.29) is 0 Å². The minimum Gasteiger partial charge on any atom is -0.128 e. The fourth-order valence-electron chi connectivity index (χ4n) is 0.793. The van der Waals surface area contributed by atoms with Crippen molar-refractivity contribution in [2.75, 3.05) is 6.26 Å². The fourth-order valence-corrected chi connectivity index (χ4v) is 1.85. The smallest absolute Gasteiger partial charge is 0.0544 e. The van der Waals surface area contributed by atoms with E-state index in [0.29, 0.717) is 5.88 Å². The van der Waals surface area contributed by atoms with Crippen LogP contribution in [0.5, 0.6) is 0 Å². The number of hydrogen-bond acceptors (Lipinski definition) is 1. The molecule has 0 saturated carbocycles. The van der Waals surface area contributed by atoms with Gasteiger partial charge in [-0.3, -0.25) is 0 Å². The lowest BCUT2D eigenvalue weighted by Gasteiger charge is -2.01. The molecule has 1 aromatic rings. The molecule has 0 nitrogen and oxygen atoms in total. The summed E-state index contributed by atoms with van der Waals surface area (Å²) in [5.41, 5.74) is 1.06.